The van der Waals surface area contributed by atoms with Gasteiger partial charge in [0.05, 0.1) is 5.71 Å². The predicted molar refractivity (Wildman–Crippen MR) is 116 cm³/mol. The summed E-state index contributed by atoms with van der Waals surface area (Å²) in [5, 5.41) is 7.20. The van der Waals surface area contributed by atoms with E-state index in [-0.39, 0.29) is 22.9 Å². The molecule has 158 valence electrons. The third-order valence-electron chi connectivity index (χ3n) is 5.98. The van der Waals surface area contributed by atoms with E-state index < -0.39 is 0 Å². The molecule has 0 aliphatic carbocycles. The van der Waals surface area contributed by atoms with Crippen molar-refractivity contribution < 1.29 is 14.0 Å². The number of nitrogens with one attached hydrogen (secondary N) is 1. The van der Waals surface area contributed by atoms with Crippen LogP contribution in [0.2, 0.25) is 0 Å². The van der Waals surface area contributed by atoms with Crippen LogP contribution < -0.4 is 5.32 Å². The van der Waals surface area contributed by atoms with Gasteiger partial charge in [-0.25, -0.2) is 9.18 Å². The number of hydrogen-bond donors (Lipinski definition) is 1. The standard InChI is InChI=1S/C24H28FN3O2/c1-23(2,3)18-6-4-17(5-7-18)21-16-24(30-27-21)12-14-28(15-13-24)22(29)26-20-10-8-19(25)9-11-20/h4-11H,12-16H2,1-3H3,(H,26,29). The summed E-state index contributed by atoms with van der Waals surface area (Å²) < 4.78 is 13.0. The van der Waals surface area contributed by atoms with Crippen molar-refractivity contribution in [3.05, 3.63) is 65.5 Å². The largest absolute Gasteiger partial charge is 0.388 e. The number of urea groups is 1. The molecule has 0 atom stereocenters. The van der Waals surface area contributed by atoms with E-state index in [0.29, 0.717) is 18.8 Å². The summed E-state index contributed by atoms with van der Waals surface area (Å²) in [7, 11) is 0. The van der Waals surface area contributed by atoms with Crippen molar-refractivity contribution >= 4 is 17.4 Å². The Morgan fingerprint density at radius 2 is 1.70 bits per heavy atom. The van der Waals surface area contributed by atoms with Crippen LogP contribution in [0, 0.1) is 5.82 Å². The molecule has 1 spiro atoms. The fourth-order valence-electron chi connectivity index (χ4n) is 3.96. The molecule has 2 aromatic carbocycles. The summed E-state index contributed by atoms with van der Waals surface area (Å²) in [6.45, 7) is 7.80. The molecule has 30 heavy (non-hydrogen) atoms. The summed E-state index contributed by atoms with van der Waals surface area (Å²) in [5.41, 5.74) is 3.74. The molecule has 0 aromatic heterocycles. The van der Waals surface area contributed by atoms with E-state index in [0.717, 1.165) is 30.5 Å². The van der Waals surface area contributed by atoms with Crippen molar-refractivity contribution in [3.63, 3.8) is 0 Å². The van der Waals surface area contributed by atoms with E-state index in [4.69, 9.17) is 4.84 Å². The Hall–Kier alpha value is -2.89. The van der Waals surface area contributed by atoms with E-state index in [1.54, 1.807) is 17.0 Å². The van der Waals surface area contributed by atoms with Crippen molar-refractivity contribution in [2.24, 2.45) is 5.16 Å². The van der Waals surface area contributed by atoms with Gasteiger partial charge >= 0.3 is 6.03 Å². The van der Waals surface area contributed by atoms with E-state index in [9.17, 15) is 9.18 Å². The van der Waals surface area contributed by atoms with E-state index in [1.807, 2.05) is 0 Å². The highest BCUT2D eigenvalue weighted by Crippen LogP contribution is 2.36. The zero-order valence-corrected chi connectivity index (χ0v) is 17.7. The molecule has 2 aromatic rings. The van der Waals surface area contributed by atoms with Crippen molar-refractivity contribution in [1.82, 2.24) is 4.90 Å². The first-order valence-electron chi connectivity index (χ1n) is 10.4. The van der Waals surface area contributed by atoms with Crippen LogP contribution in [0.15, 0.2) is 53.7 Å². The van der Waals surface area contributed by atoms with Gasteiger partial charge in [0.25, 0.3) is 0 Å². The SMILES string of the molecule is CC(C)(C)c1ccc(C2=NOC3(CCN(C(=O)Nc4ccc(F)cc4)CC3)C2)cc1. The number of hydrogen-bond acceptors (Lipinski definition) is 3. The molecule has 5 nitrogen and oxygen atoms in total. The quantitative estimate of drug-likeness (QED) is 0.730. The molecule has 1 N–H and O–H groups in total. The third-order valence-corrected chi connectivity index (χ3v) is 5.98. The molecular formula is C24H28FN3O2. The van der Waals surface area contributed by atoms with Crippen LogP contribution in [0.25, 0.3) is 0 Å². The normalized spacial score (nSPS) is 18.1. The molecule has 0 unspecified atom stereocenters. The number of carbonyl (C=O) groups excluding carboxylic acids is 1. The molecule has 0 bridgehead atoms. The summed E-state index contributed by atoms with van der Waals surface area (Å²) >= 11 is 0. The number of nitrogens with zero attached hydrogens (tertiary/aromatic N) is 2. The topological polar surface area (TPSA) is 53.9 Å². The summed E-state index contributed by atoms with van der Waals surface area (Å²) in [6.07, 6.45) is 2.23. The van der Waals surface area contributed by atoms with Gasteiger partial charge in [0.1, 0.15) is 11.4 Å². The maximum atomic E-state index is 13.0. The maximum absolute atomic E-state index is 13.0. The second-order valence-corrected chi connectivity index (χ2v) is 9.24. The van der Waals surface area contributed by atoms with Crippen LogP contribution in [-0.4, -0.2) is 35.3 Å². The van der Waals surface area contributed by atoms with Gasteiger partial charge in [-0.15, -0.1) is 0 Å². The minimum absolute atomic E-state index is 0.120. The van der Waals surface area contributed by atoms with Crippen LogP contribution in [0.4, 0.5) is 14.9 Å². The minimum atomic E-state index is -0.329. The van der Waals surface area contributed by atoms with Gasteiger partial charge in [-0.1, -0.05) is 50.2 Å². The number of oxime groups is 1. The minimum Gasteiger partial charge on any atom is -0.388 e. The highest BCUT2D eigenvalue weighted by molar-refractivity contribution is 6.01. The molecule has 2 aliphatic rings. The number of rotatable bonds is 2. The first-order chi connectivity index (χ1) is 14.2. The van der Waals surface area contributed by atoms with Gasteiger partial charge in [0.15, 0.2) is 0 Å². The van der Waals surface area contributed by atoms with Crippen LogP contribution >= 0.6 is 0 Å². The molecule has 2 aliphatic heterocycles. The number of benzene rings is 2. The van der Waals surface area contributed by atoms with Gasteiger partial charge in [0, 0.05) is 38.0 Å². The summed E-state index contributed by atoms with van der Waals surface area (Å²) in [4.78, 5) is 20.2. The number of piperidine rings is 1. The van der Waals surface area contributed by atoms with Gasteiger partial charge < -0.3 is 15.1 Å². The predicted octanol–water partition coefficient (Wildman–Crippen LogP) is 5.31. The molecule has 1 saturated heterocycles. The van der Waals surface area contributed by atoms with Crippen LogP contribution in [0.1, 0.15) is 51.2 Å². The number of anilines is 1. The Labute approximate surface area is 176 Å². The third kappa shape index (κ3) is 4.32. The second-order valence-electron chi connectivity index (χ2n) is 9.24. The first kappa shape index (κ1) is 20.4. The molecule has 4 rings (SSSR count). The Morgan fingerprint density at radius 3 is 2.30 bits per heavy atom. The zero-order valence-electron chi connectivity index (χ0n) is 17.7. The smallest absolute Gasteiger partial charge is 0.321 e. The lowest BCUT2D eigenvalue weighted by Gasteiger charge is -2.37. The molecule has 1 fully saturated rings. The first-order valence-corrected chi connectivity index (χ1v) is 10.4. The molecular weight excluding hydrogens is 381 g/mol. The molecule has 0 saturated carbocycles. The highest BCUT2D eigenvalue weighted by atomic mass is 19.1. The van der Waals surface area contributed by atoms with Crippen molar-refractivity contribution in [2.45, 2.75) is 51.0 Å². The van der Waals surface area contributed by atoms with Gasteiger partial charge in [-0.3, -0.25) is 0 Å². The summed E-state index contributed by atoms with van der Waals surface area (Å²) in [5.74, 6) is -0.324. The van der Waals surface area contributed by atoms with E-state index in [1.165, 1.54) is 17.7 Å². The molecule has 2 heterocycles. The van der Waals surface area contributed by atoms with Gasteiger partial charge in [-0.05, 0) is 40.8 Å². The Balaban J connectivity index is 1.33. The lowest BCUT2D eigenvalue weighted by molar-refractivity contribution is -0.0544. The van der Waals surface area contributed by atoms with Crippen LogP contribution in [-0.2, 0) is 10.3 Å². The Kier molecular flexibility index (Phi) is 5.26. The zero-order chi connectivity index (χ0) is 21.4. The number of carbonyl (C=O) groups is 1. The lowest BCUT2D eigenvalue weighted by atomic mass is 9.84. The summed E-state index contributed by atoms with van der Waals surface area (Å²) in [6, 6.07) is 14.2. The van der Waals surface area contributed by atoms with Crippen molar-refractivity contribution in [1.29, 1.82) is 0 Å². The van der Waals surface area contributed by atoms with Crippen LogP contribution in [0.3, 0.4) is 0 Å². The fourth-order valence-corrected chi connectivity index (χ4v) is 3.96. The maximum Gasteiger partial charge on any atom is 0.321 e. The highest BCUT2D eigenvalue weighted by Gasteiger charge is 2.43. The Bertz CT molecular complexity index is 938. The number of likely N-dealkylation sites (tertiary alicyclic amines) is 1. The average molecular weight is 410 g/mol. The fraction of sp³-hybridized carbons (Fsp3) is 0.417. The second kappa shape index (κ2) is 7.74. The molecule has 6 heteroatoms. The number of halogens is 1. The monoisotopic (exact) mass is 409 g/mol. The van der Waals surface area contributed by atoms with E-state index >= 15 is 0 Å². The average Bonchev–Trinajstić information content (AvgIpc) is 3.13. The lowest BCUT2D eigenvalue weighted by Crippen LogP contribution is -2.48. The number of amides is 2. The Morgan fingerprint density at radius 1 is 1.07 bits per heavy atom. The van der Waals surface area contributed by atoms with Crippen LogP contribution in [0.5, 0.6) is 0 Å². The van der Waals surface area contributed by atoms with Crippen molar-refractivity contribution in [3.8, 4) is 0 Å². The van der Waals surface area contributed by atoms with Crippen molar-refractivity contribution in [2.75, 3.05) is 18.4 Å². The van der Waals surface area contributed by atoms with Gasteiger partial charge in [0.2, 0.25) is 0 Å². The van der Waals surface area contributed by atoms with Gasteiger partial charge in [-0.2, -0.15) is 0 Å². The van der Waals surface area contributed by atoms with E-state index in [2.05, 4.69) is 55.5 Å². The molecule has 2 amide bonds. The molecule has 0 radical (unpaired) electrons.